The van der Waals surface area contributed by atoms with E-state index in [2.05, 4.69) is 42.3 Å². The molecule has 0 saturated carbocycles. The summed E-state index contributed by atoms with van der Waals surface area (Å²) in [5.74, 6) is 4.03. The highest BCUT2D eigenvalue weighted by Gasteiger charge is 2.41. The van der Waals surface area contributed by atoms with Crippen LogP contribution in [0.15, 0.2) is 15.0 Å². The van der Waals surface area contributed by atoms with Gasteiger partial charge in [0, 0.05) is 65.3 Å². The number of aliphatic imine (C=N–C) groups is 3. The van der Waals surface area contributed by atoms with Gasteiger partial charge >= 0.3 is 0 Å². The molecular weight excluding hydrogens is 366 g/mol. The first kappa shape index (κ1) is 17.7. The van der Waals surface area contributed by atoms with Gasteiger partial charge in [-0.1, -0.05) is 0 Å². The van der Waals surface area contributed by atoms with Crippen LogP contribution < -0.4 is 10.6 Å². The molecule has 6 heterocycles. The third-order valence-electron chi connectivity index (χ3n) is 7.41. The van der Waals surface area contributed by atoms with E-state index in [1.807, 2.05) is 0 Å². The van der Waals surface area contributed by atoms with Gasteiger partial charge in [0.1, 0.15) is 0 Å². The zero-order valence-electron chi connectivity index (χ0n) is 17.4. The van der Waals surface area contributed by atoms with Crippen molar-refractivity contribution in [3.8, 4) is 0 Å². The maximum absolute atomic E-state index is 5.22. The van der Waals surface area contributed by atoms with E-state index in [1.54, 1.807) is 0 Å². The molecule has 0 spiro atoms. The molecule has 0 radical (unpaired) electrons. The minimum Gasteiger partial charge on any atom is -0.356 e. The molecule has 2 N–H and O–H groups in total. The van der Waals surface area contributed by atoms with Crippen LogP contribution in [0.3, 0.4) is 0 Å². The Hall–Kier alpha value is -2.19. The van der Waals surface area contributed by atoms with Crippen molar-refractivity contribution in [1.29, 1.82) is 0 Å². The molecule has 29 heavy (non-hydrogen) atoms. The summed E-state index contributed by atoms with van der Waals surface area (Å²) < 4.78 is 0. The van der Waals surface area contributed by atoms with Crippen LogP contribution in [0.25, 0.3) is 0 Å². The van der Waals surface area contributed by atoms with Gasteiger partial charge in [-0.2, -0.15) is 0 Å². The summed E-state index contributed by atoms with van der Waals surface area (Å²) in [5.41, 5.74) is 0. The van der Waals surface area contributed by atoms with E-state index in [4.69, 9.17) is 9.98 Å². The van der Waals surface area contributed by atoms with Gasteiger partial charge in [0.15, 0.2) is 17.9 Å². The third kappa shape index (κ3) is 3.09. The van der Waals surface area contributed by atoms with Crippen LogP contribution in [-0.4, -0.2) is 122 Å². The fourth-order valence-electron chi connectivity index (χ4n) is 5.84. The van der Waals surface area contributed by atoms with Gasteiger partial charge < -0.3 is 30.2 Å². The Morgan fingerprint density at radius 2 is 1.72 bits per heavy atom. The van der Waals surface area contributed by atoms with Crippen molar-refractivity contribution in [1.82, 2.24) is 30.2 Å². The second kappa shape index (κ2) is 6.95. The van der Waals surface area contributed by atoms with Gasteiger partial charge in [-0.05, 0) is 19.3 Å². The lowest BCUT2D eigenvalue weighted by atomic mass is 9.94. The monoisotopic (exact) mass is 399 g/mol. The average Bonchev–Trinajstić information content (AvgIpc) is 3.35. The van der Waals surface area contributed by atoms with Crippen molar-refractivity contribution in [3.05, 3.63) is 0 Å². The van der Waals surface area contributed by atoms with Crippen molar-refractivity contribution < 1.29 is 0 Å². The molecule has 0 aliphatic carbocycles. The lowest BCUT2D eigenvalue weighted by molar-refractivity contribution is 0.166. The third-order valence-corrected chi connectivity index (χ3v) is 7.41. The molecule has 0 bridgehead atoms. The van der Waals surface area contributed by atoms with Crippen LogP contribution in [0.5, 0.6) is 0 Å². The maximum Gasteiger partial charge on any atom is 0.196 e. The van der Waals surface area contributed by atoms with Gasteiger partial charge in [-0.3, -0.25) is 4.99 Å². The van der Waals surface area contributed by atoms with Crippen molar-refractivity contribution >= 4 is 17.9 Å². The average molecular weight is 400 g/mol. The molecule has 9 heteroatoms. The molecule has 4 unspecified atom stereocenters. The molecule has 6 aliphatic heterocycles. The highest BCUT2D eigenvalue weighted by atomic mass is 15.4. The van der Waals surface area contributed by atoms with E-state index in [0.717, 1.165) is 83.7 Å². The summed E-state index contributed by atoms with van der Waals surface area (Å²) in [7, 11) is 2.21. The van der Waals surface area contributed by atoms with Gasteiger partial charge in [0.2, 0.25) is 0 Å². The van der Waals surface area contributed by atoms with Gasteiger partial charge in [0.05, 0.1) is 24.7 Å². The van der Waals surface area contributed by atoms with Crippen LogP contribution in [0.2, 0.25) is 0 Å². The molecule has 3 saturated heterocycles. The van der Waals surface area contributed by atoms with Gasteiger partial charge in [0.25, 0.3) is 0 Å². The van der Waals surface area contributed by atoms with Crippen LogP contribution >= 0.6 is 0 Å². The number of hydrogen-bond acceptors (Lipinski definition) is 9. The molecule has 6 rings (SSSR count). The van der Waals surface area contributed by atoms with Gasteiger partial charge in [-0.15, -0.1) is 0 Å². The Labute approximate surface area is 172 Å². The zero-order chi connectivity index (χ0) is 19.4. The van der Waals surface area contributed by atoms with Crippen LogP contribution in [0.1, 0.15) is 19.3 Å². The molecule has 9 nitrogen and oxygen atoms in total. The summed E-state index contributed by atoms with van der Waals surface area (Å²) >= 11 is 0. The Morgan fingerprint density at radius 3 is 2.62 bits per heavy atom. The highest BCUT2D eigenvalue weighted by Crippen LogP contribution is 2.27. The Balaban J connectivity index is 1.15. The van der Waals surface area contributed by atoms with E-state index >= 15 is 0 Å². The molecule has 3 fully saturated rings. The largest absolute Gasteiger partial charge is 0.356 e. The molecule has 0 aromatic heterocycles. The molecule has 158 valence electrons. The quantitative estimate of drug-likeness (QED) is 0.624. The first-order chi connectivity index (χ1) is 14.2. The van der Waals surface area contributed by atoms with Crippen molar-refractivity contribution in [2.75, 3.05) is 66.0 Å². The second-order valence-electron chi connectivity index (χ2n) is 9.35. The number of nitrogens with one attached hydrogen (secondary N) is 2. The van der Waals surface area contributed by atoms with E-state index in [1.165, 1.54) is 12.4 Å². The highest BCUT2D eigenvalue weighted by molar-refractivity contribution is 5.84. The lowest BCUT2D eigenvalue weighted by Crippen LogP contribution is -2.60. The summed E-state index contributed by atoms with van der Waals surface area (Å²) in [5, 5.41) is 7.17. The van der Waals surface area contributed by atoms with Crippen molar-refractivity contribution in [2.45, 2.75) is 37.4 Å². The Kier molecular flexibility index (Phi) is 4.23. The standard InChI is InChI=1S/C20H33N9/c1-26-11-14(17-13-28-10-6-22-19(28)24-17)12-29-9-4-16(25-20(26)29)15-3-8-27-7-2-5-21-18(27)23-15/h14-17H,2-13H2,1H3,(H,21,23)(H,22,24). The fourth-order valence-corrected chi connectivity index (χ4v) is 5.84. The van der Waals surface area contributed by atoms with E-state index in [0.29, 0.717) is 24.0 Å². The second-order valence-corrected chi connectivity index (χ2v) is 9.35. The summed E-state index contributed by atoms with van der Waals surface area (Å²) in [4.78, 5) is 24.6. The molecule has 0 amide bonds. The SMILES string of the molecule is CN1CC(C2CN3CCN=C3N2)CN2CCC(C3CCN4CCCNC4=N3)N=C12. The number of nitrogens with zero attached hydrogens (tertiary/aromatic N) is 7. The summed E-state index contributed by atoms with van der Waals surface area (Å²) in [6.07, 6.45) is 3.46. The first-order valence-corrected chi connectivity index (χ1v) is 11.4. The molecule has 0 aromatic rings. The minimum absolute atomic E-state index is 0.322. The van der Waals surface area contributed by atoms with Crippen molar-refractivity contribution in [3.63, 3.8) is 0 Å². The van der Waals surface area contributed by atoms with Gasteiger partial charge in [-0.25, -0.2) is 9.98 Å². The zero-order valence-corrected chi connectivity index (χ0v) is 17.4. The number of hydrogen-bond donors (Lipinski definition) is 2. The van der Waals surface area contributed by atoms with E-state index < -0.39 is 0 Å². The molecule has 0 aromatic carbocycles. The summed E-state index contributed by atoms with van der Waals surface area (Å²) in [6, 6.07) is 1.15. The Bertz CT molecular complexity index is 746. The van der Waals surface area contributed by atoms with Crippen LogP contribution in [0.4, 0.5) is 0 Å². The van der Waals surface area contributed by atoms with Crippen LogP contribution in [-0.2, 0) is 0 Å². The molecule has 4 atom stereocenters. The predicted molar refractivity (Wildman–Crippen MR) is 114 cm³/mol. The fraction of sp³-hybridized carbons (Fsp3) is 0.850. The molecular formula is C20H33N9. The number of rotatable bonds is 2. The smallest absolute Gasteiger partial charge is 0.196 e. The van der Waals surface area contributed by atoms with E-state index in [-0.39, 0.29) is 0 Å². The molecule has 6 aliphatic rings. The topological polar surface area (TPSA) is 74.1 Å². The normalized spacial score (nSPS) is 36.4. The van der Waals surface area contributed by atoms with Crippen molar-refractivity contribution in [2.24, 2.45) is 20.9 Å². The predicted octanol–water partition coefficient (Wildman–Crippen LogP) is -0.955. The number of fused-ring (bicyclic) bond motifs is 3. The maximum atomic E-state index is 5.22. The number of guanidine groups is 3. The lowest BCUT2D eigenvalue weighted by Gasteiger charge is -2.47. The Morgan fingerprint density at radius 1 is 0.862 bits per heavy atom. The first-order valence-electron chi connectivity index (χ1n) is 11.4. The minimum atomic E-state index is 0.322. The van der Waals surface area contributed by atoms with E-state index in [9.17, 15) is 0 Å². The van der Waals surface area contributed by atoms with Crippen LogP contribution in [0, 0.1) is 5.92 Å². The summed E-state index contributed by atoms with van der Waals surface area (Å²) in [6.45, 7) is 9.71.